The molecule has 0 radical (unpaired) electrons. The van der Waals surface area contributed by atoms with E-state index in [2.05, 4.69) is 15.5 Å². The first-order valence-electron chi connectivity index (χ1n) is 6.29. The Labute approximate surface area is 116 Å². The minimum absolute atomic E-state index is 0.256. The number of benzene rings is 2. The van der Waals surface area contributed by atoms with Crippen molar-refractivity contribution in [1.82, 2.24) is 10.4 Å². The summed E-state index contributed by atoms with van der Waals surface area (Å²) in [5.41, 5.74) is 4.87. The van der Waals surface area contributed by atoms with Gasteiger partial charge in [-0.3, -0.25) is 4.79 Å². The molecule has 2 N–H and O–H groups in total. The molecule has 1 aromatic heterocycles. The number of rotatable bonds is 3. The summed E-state index contributed by atoms with van der Waals surface area (Å²) < 4.78 is 0. The third-order valence-corrected chi connectivity index (χ3v) is 2.95. The van der Waals surface area contributed by atoms with Crippen molar-refractivity contribution in [3.8, 4) is 0 Å². The minimum atomic E-state index is -0.256. The second kappa shape index (κ2) is 5.40. The number of fused-ring (bicyclic) bond motifs is 1. The van der Waals surface area contributed by atoms with Crippen LogP contribution in [-0.2, 0) is 0 Å². The van der Waals surface area contributed by atoms with Gasteiger partial charge in [0.15, 0.2) is 0 Å². The maximum absolute atomic E-state index is 11.9. The summed E-state index contributed by atoms with van der Waals surface area (Å²) in [4.78, 5) is 15.0. The zero-order chi connectivity index (χ0) is 13.8. The number of H-pyrrole nitrogens is 1. The van der Waals surface area contributed by atoms with Crippen LogP contribution in [0.3, 0.4) is 0 Å². The van der Waals surface area contributed by atoms with Crippen molar-refractivity contribution < 1.29 is 4.79 Å². The fourth-order valence-corrected chi connectivity index (χ4v) is 1.96. The molecule has 4 nitrogen and oxygen atoms in total. The summed E-state index contributed by atoms with van der Waals surface area (Å²) in [7, 11) is 0. The Balaban J connectivity index is 1.71. The molecule has 20 heavy (non-hydrogen) atoms. The van der Waals surface area contributed by atoms with Gasteiger partial charge in [-0.05, 0) is 17.7 Å². The van der Waals surface area contributed by atoms with E-state index in [1.807, 2.05) is 60.7 Å². The van der Waals surface area contributed by atoms with Crippen LogP contribution in [0.5, 0.6) is 0 Å². The Bertz CT molecular complexity index is 727. The highest BCUT2D eigenvalue weighted by Gasteiger charge is 2.07. The van der Waals surface area contributed by atoms with Crippen molar-refractivity contribution >= 4 is 23.0 Å². The number of hydrogen-bond acceptors (Lipinski definition) is 2. The van der Waals surface area contributed by atoms with Crippen LogP contribution in [-0.4, -0.2) is 17.1 Å². The van der Waals surface area contributed by atoms with Gasteiger partial charge in [0.05, 0.1) is 6.21 Å². The topological polar surface area (TPSA) is 57.2 Å². The van der Waals surface area contributed by atoms with Crippen LogP contribution in [0, 0.1) is 0 Å². The standard InChI is InChI=1S/C16H13N3O/c20-16(19-17-11-12-6-2-1-3-7-12)15-10-13-8-4-5-9-14(13)18-15/h1-11,18H,(H,19,20). The summed E-state index contributed by atoms with van der Waals surface area (Å²) >= 11 is 0. The van der Waals surface area contributed by atoms with Crippen LogP contribution < -0.4 is 5.43 Å². The van der Waals surface area contributed by atoms with Gasteiger partial charge in [-0.15, -0.1) is 0 Å². The quantitative estimate of drug-likeness (QED) is 0.554. The summed E-state index contributed by atoms with van der Waals surface area (Å²) in [6.07, 6.45) is 1.61. The molecule has 0 aliphatic heterocycles. The van der Waals surface area contributed by atoms with E-state index < -0.39 is 0 Å². The Kier molecular flexibility index (Phi) is 3.29. The van der Waals surface area contributed by atoms with Gasteiger partial charge in [0.25, 0.3) is 5.91 Å². The zero-order valence-corrected chi connectivity index (χ0v) is 10.7. The first kappa shape index (κ1) is 12.2. The van der Waals surface area contributed by atoms with Gasteiger partial charge in [-0.1, -0.05) is 48.5 Å². The SMILES string of the molecule is O=C(NN=Cc1ccccc1)c1cc2ccccc2[nH]1. The molecule has 0 aliphatic carbocycles. The monoisotopic (exact) mass is 263 g/mol. The summed E-state index contributed by atoms with van der Waals surface area (Å²) in [5.74, 6) is -0.256. The molecule has 0 saturated heterocycles. The highest BCUT2D eigenvalue weighted by molar-refractivity contribution is 5.98. The van der Waals surface area contributed by atoms with Crippen LogP contribution in [0.15, 0.2) is 65.8 Å². The highest BCUT2D eigenvalue weighted by Crippen LogP contribution is 2.14. The molecule has 4 heteroatoms. The Hall–Kier alpha value is -2.88. The molecule has 1 amide bonds. The van der Waals surface area contributed by atoms with E-state index in [4.69, 9.17) is 0 Å². The lowest BCUT2D eigenvalue weighted by Gasteiger charge is -1.96. The van der Waals surface area contributed by atoms with Crippen molar-refractivity contribution in [3.05, 3.63) is 71.9 Å². The molecule has 2 aromatic carbocycles. The molecule has 0 atom stereocenters. The number of nitrogens with zero attached hydrogens (tertiary/aromatic N) is 1. The lowest BCUT2D eigenvalue weighted by atomic mass is 10.2. The third kappa shape index (κ3) is 2.59. The van der Waals surface area contributed by atoms with Crippen molar-refractivity contribution in [2.45, 2.75) is 0 Å². The van der Waals surface area contributed by atoms with Crippen LogP contribution >= 0.6 is 0 Å². The van der Waals surface area contributed by atoms with E-state index in [1.165, 1.54) is 0 Å². The molecule has 0 bridgehead atoms. The molecule has 3 rings (SSSR count). The van der Waals surface area contributed by atoms with Crippen molar-refractivity contribution in [2.24, 2.45) is 5.10 Å². The average molecular weight is 263 g/mol. The number of amides is 1. The maximum Gasteiger partial charge on any atom is 0.287 e. The molecule has 0 fully saturated rings. The van der Waals surface area contributed by atoms with Gasteiger partial charge < -0.3 is 4.98 Å². The maximum atomic E-state index is 11.9. The second-order valence-corrected chi connectivity index (χ2v) is 4.38. The summed E-state index contributed by atoms with van der Waals surface area (Å²) in [6.45, 7) is 0. The molecule has 3 aromatic rings. The van der Waals surface area contributed by atoms with Gasteiger partial charge in [0.1, 0.15) is 5.69 Å². The third-order valence-electron chi connectivity index (χ3n) is 2.95. The minimum Gasteiger partial charge on any atom is -0.350 e. The first-order valence-corrected chi connectivity index (χ1v) is 6.29. The van der Waals surface area contributed by atoms with Gasteiger partial charge in [0, 0.05) is 10.9 Å². The molecular weight excluding hydrogens is 250 g/mol. The Morgan fingerprint density at radius 3 is 2.60 bits per heavy atom. The molecule has 1 heterocycles. The molecule has 0 spiro atoms. The smallest absolute Gasteiger partial charge is 0.287 e. The van der Waals surface area contributed by atoms with Gasteiger partial charge in [-0.25, -0.2) is 5.43 Å². The highest BCUT2D eigenvalue weighted by atomic mass is 16.2. The van der Waals surface area contributed by atoms with Crippen LogP contribution in [0.2, 0.25) is 0 Å². The fraction of sp³-hybridized carbons (Fsp3) is 0. The van der Waals surface area contributed by atoms with E-state index in [9.17, 15) is 4.79 Å². The first-order chi connectivity index (χ1) is 9.83. The Morgan fingerprint density at radius 1 is 1.05 bits per heavy atom. The van der Waals surface area contributed by atoms with Gasteiger partial charge in [0.2, 0.25) is 0 Å². The predicted octanol–water partition coefficient (Wildman–Crippen LogP) is 2.93. The largest absolute Gasteiger partial charge is 0.350 e. The van der Waals surface area contributed by atoms with Gasteiger partial charge in [-0.2, -0.15) is 5.10 Å². The molecule has 0 aliphatic rings. The summed E-state index contributed by atoms with van der Waals surface area (Å²) in [5, 5.41) is 4.95. The fourth-order valence-electron chi connectivity index (χ4n) is 1.96. The van der Waals surface area contributed by atoms with Crippen molar-refractivity contribution in [3.63, 3.8) is 0 Å². The molecular formula is C16H13N3O. The predicted molar refractivity (Wildman–Crippen MR) is 79.8 cm³/mol. The van der Waals surface area contributed by atoms with Gasteiger partial charge >= 0.3 is 0 Å². The molecule has 98 valence electrons. The number of carbonyl (C=O) groups is 1. The lowest BCUT2D eigenvalue weighted by molar-refractivity contribution is 0.0951. The lowest BCUT2D eigenvalue weighted by Crippen LogP contribution is -2.17. The van der Waals surface area contributed by atoms with E-state index in [0.717, 1.165) is 16.5 Å². The number of carbonyl (C=O) groups excluding carboxylic acids is 1. The van der Waals surface area contributed by atoms with E-state index in [1.54, 1.807) is 6.21 Å². The van der Waals surface area contributed by atoms with Crippen molar-refractivity contribution in [2.75, 3.05) is 0 Å². The average Bonchev–Trinajstić information content (AvgIpc) is 2.92. The van der Waals surface area contributed by atoms with E-state index >= 15 is 0 Å². The molecule has 0 saturated carbocycles. The van der Waals surface area contributed by atoms with Crippen LogP contribution in [0.25, 0.3) is 10.9 Å². The van der Waals surface area contributed by atoms with Crippen LogP contribution in [0.4, 0.5) is 0 Å². The normalized spacial score (nSPS) is 11.0. The molecule has 0 unspecified atom stereocenters. The number of para-hydroxylation sites is 1. The summed E-state index contributed by atoms with van der Waals surface area (Å²) in [6, 6.07) is 19.1. The van der Waals surface area contributed by atoms with E-state index in [0.29, 0.717) is 5.69 Å². The number of nitrogens with one attached hydrogen (secondary N) is 2. The number of hydrazone groups is 1. The second-order valence-electron chi connectivity index (χ2n) is 4.38. The zero-order valence-electron chi connectivity index (χ0n) is 10.7. The van der Waals surface area contributed by atoms with Crippen LogP contribution in [0.1, 0.15) is 16.1 Å². The number of hydrogen-bond donors (Lipinski definition) is 2. The Morgan fingerprint density at radius 2 is 1.80 bits per heavy atom. The van der Waals surface area contributed by atoms with E-state index in [-0.39, 0.29) is 5.91 Å². The number of aromatic amines is 1. The number of aromatic nitrogens is 1. The van der Waals surface area contributed by atoms with Crippen molar-refractivity contribution in [1.29, 1.82) is 0 Å².